The molecule has 48 heavy (non-hydrogen) atoms. The van der Waals surface area contributed by atoms with Gasteiger partial charge in [-0.15, -0.1) is 13.2 Å². The summed E-state index contributed by atoms with van der Waals surface area (Å²) >= 11 is 0. The van der Waals surface area contributed by atoms with E-state index in [4.69, 9.17) is 19.7 Å². The molecule has 0 aromatic heterocycles. The fourth-order valence-corrected chi connectivity index (χ4v) is 12.0. The number of benzene rings is 2. The van der Waals surface area contributed by atoms with Gasteiger partial charge in [0.05, 0.1) is 33.5 Å². The van der Waals surface area contributed by atoms with E-state index in [-0.39, 0.29) is 23.6 Å². The van der Waals surface area contributed by atoms with Gasteiger partial charge < -0.3 is 29.9 Å². The van der Waals surface area contributed by atoms with E-state index in [9.17, 15) is 20.4 Å². The number of likely N-dealkylation sites (tertiary alicyclic amines) is 2. The molecule has 2 spiro atoms. The van der Waals surface area contributed by atoms with E-state index in [0.29, 0.717) is 76.0 Å². The van der Waals surface area contributed by atoms with Crippen molar-refractivity contribution in [1.29, 1.82) is 0 Å². The van der Waals surface area contributed by atoms with Gasteiger partial charge >= 0.3 is 0 Å². The van der Waals surface area contributed by atoms with Gasteiger partial charge in [0, 0.05) is 49.4 Å². The summed E-state index contributed by atoms with van der Waals surface area (Å²) in [5, 5.41) is 57.4. The average molecular weight is 651 g/mol. The van der Waals surface area contributed by atoms with E-state index >= 15 is 0 Å². The first-order valence-electron chi connectivity index (χ1n) is 17.5. The Hall–Kier alpha value is -3.70. The molecule has 8 atom stereocenters. The molecular formula is C38H42N4O6. The van der Waals surface area contributed by atoms with E-state index in [1.54, 1.807) is 12.1 Å². The van der Waals surface area contributed by atoms with Crippen molar-refractivity contribution in [1.82, 2.24) is 9.80 Å². The van der Waals surface area contributed by atoms with Crippen LogP contribution in [-0.4, -0.2) is 103 Å². The van der Waals surface area contributed by atoms with Gasteiger partial charge in [-0.2, -0.15) is 10.2 Å². The number of hydrogen-bond donors (Lipinski definition) is 4. The van der Waals surface area contributed by atoms with E-state index in [1.165, 1.54) is 0 Å². The molecule has 8 aliphatic rings. The van der Waals surface area contributed by atoms with Gasteiger partial charge in [0.15, 0.2) is 35.2 Å². The van der Waals surface area contributed by atoms with E-state index < -0.39 is 34.2 Å². The summed E-state index contributed by atoms with van der Waals surface area (Å²) in [5.74, 6) is 1.11. The van der Waals surface area contributed by atoms with Crippen LogP contribution >= 0.6 is 0 Å². The summed E-state index contributed by atoms with van der Waals surface area (Å²) in [6, 6.07) is 7.18. The van der Waals surface area contributed by atoms with Crippen molar-refractivity contribution in [3.05, 3.63) is 71.8 Å². The topological polar surface area (TPSA) is 131 Å². The van der Waals surface area contributed by atoms with E-state index in [2.05, 4.69) is 23.0 Å². The maximum Gasteiger partial charge on any atom is 0.166 e. The number of phenolic OH excluding ortho intramolecular Hbond substituents is 2. The summed E-state index contributed by atoms with van der Waals surface area (Å²) in [7, 11) is 0. The zero-order valence-corrected chi connectivity index (χ0v) is 27.1. The number of hydrogen-bond acceptors (Lipinski definition) is 10. The molecule has 2 saturated heterocycles. The molecule has 2 saturated carbocycles. The molecule has 4 bridgehead atoms. The molecule has 2 aromatic rings. The number of piperidine rings is 2. The SMILES string of the molecule is C=CCN1CC[C@]23c4c5ccc(O)c4O[C@@H]2/C(=N/N=C2\CC[C@]4(O)[C@H]6Cc7ccc(O)c8c7[C@]4(CCN6CC=C)[C@@H]2O8)CC[C@]3(O)[C@H]1C5. The minimum atomic E-state index is -1.06. The minimum absolute atomic E-state index is 0.0885. The highest BCUT2D eigenvalue weighted by molar-refractivity contribution is 5.97. The standard InChI is InChI=1S/C38H42N4O6/c1-3-15-41-17-13-35-29-21-5-7-25(43)31(29)47-33(35)23(9-11-37(35,45)27(41)19-21)39-40-24-10-12-38(46)28-20-22-6-8-26(44)32-30(22)36(38,34(24)48-32)14-18-42(28)16-4-2/h3-8,27-28,33-34,43-46H,1-2,9-20H2/b39-23+,40-24+/t27-,28-,33-,34-,35-,36+,37+,38+/m1/s1. The molecule has 10 rings (SSSR count). The lowest BCUT2D eigenvalue weighted by Gasteiger charge is -2.63. The molecule has 4 fully saturated rings. The second kappa shape index (κ2) is 9.50. The molecule has 10 nitrogen and oxygen atoms in total. The highest BCUT2D eigenvalue weighted by Crippen LogP contribution is 2.66. The third kappa shape index (κ3) is 3.15. The van der Waals surface area contributed by atoms with Gasteiger partial charge in [-0.1, -0.05) is 24.3 Å². The lowest BCUT2D eigenvalue weighted by Crippen LogP contribution is -2.76. The fraction of sp³-hybridized carbons (Fsp3) is 0.526. The maximum absolute atomic E-state index is 12.7. The van der Waals surface area contributed by atoms with Crippen LogP contribution < -0.4 is 9.47 Å². The Morgan fingerprint density at radius 2 is 1.15 bits per heavy atom. The van der Waals surface area contributed by atoms with Crippen molar-refractivity contribution in [3.8, 4) is 23.0 Å². The molecule has 0 amide bonds. The minimum Gasteiger partial charge on any atom is -0.504 e. The lowest BCUT2D eigenvalue weighted by atomic mass is 9.48. The highest BCUT2D eigenvalue weighted by atomic mass is 16.5. The summed E-state index contributed by atoms with van der Waals surface area (Å²) < 4.78 is 13.3. The lowest BCUT2D eigenvalue weighted by molar-refractivity contribution is -0.164. The van der Waals surface area contributed by atoms with Crippen molar-refractivity contribution in [3.63, 3.8) is 0 Å². The second-order valence-electron chi connectivity index (χ2n) is 15.4. The van der Waals surface area contributed by atoms with Crippen LogP contribution in [0.25, 0.3) is 0 Å². The fourth-order valence-electron chi connectivity index (χ4n) is 12.0. The predicted octanol–water partition coefficient (Wildman–Crippen LogP) is 3.28. The van der Waals surface area contributed by atoms with Crippen LogP contribution in [0.3, 0.4) is 0 Å². The predicted molar refractivity (Wildman–Crippen MR) is 179 cm³/mol. The van der Waals surface area contributed by atoms with Crippen LogP contribution in [-0.2, 0) is 23.7 Å². The molecular weight excluding hydrogens is 608 g/mol. The van der Waals surface area contributed by atoms with Crippen LogP contribution in [0.2, 0.25) is 0 Å². The zero-order chi connectivity index (χ0) is 32.8. The smallest absolute Gasteiger partial charge is 0.166 e. The summed E-state index contributed by atoms with van der Waals surface area (Å²) in [6.45, 7) is 10.9. The Morgan fingerprint density at radius 1 is 0.708 bits per heavy atom. The third-order valence-electron chi connectivity index (χ3n) is 13.8. The molecule has 2 aromatic carbocycles. The number of aromatic hydroxyl groups is 2. The van der Waals surface area contributed by atoms with Crippen molar-refractivity contribution < 1.29 is 29.9 Å². The molecule has 4 heterocycles. The van der Waals surface area contributed by atoms with Crippen LogP contribution in [0.15, 0.2) is 59.8 Å². The third-order valence-corrected chi connectivity index (χ3v) is 13.8. The number of ether oxygens (including phenoxy) is 2. The molecule has 250 valence electrons. The Balaban J connectivity index is 1.08. The Morgan fingerprint density at radius 3 is 1.56 bits per heavy atom. The molecule has 4 N–H and O–H groups in total. The first-order chi connectivity index (χ1) is 23.2. The average Bonchev–Trinajstić information content (AvgIpc) is 3.61. The molecule has 0 radical (unpaired) electrons. The summed E-state index contributed by atoms with van der Waals surface area (Å²) in [5.41, 5.74) is 1.99. The van der Waals surface area contributed by atoms with Gasteiger partial charge in [-0.3, -0.25) is 9.80 Å². The summed E-state index contributed by atoms with van der Waals surface area (Å²) in [6.07, 6.45) is 7.42. The van der Waals surface area contributed by atoms with Crippen molar-refractivity contribution in [2.45, 2.75) is 97.7 Å². The van der Waals surface area contributed by atoms with Gasteiger partial charge in [0.2, 0.25) is 0 Å². The van der Waals surface area contributed by atoms with Crippen molar-refractivity contribution >= 4 is 11.4 Å². The highest BCUT2D eigenvalue weighted by Gasteiger charge is 2.74. The number of aliphatic hydroxyl groups is 2. The first kappa shape index (κ1) is 29.2. The quantitative estimate of drug-likeness (QED) is 0.287. The molecule has 0 unspecified atom stereocenters. The van der Waals surface area contributed by atoms with Crippen LogP contribution in [0.4, 0.5) is 0 Å². The Kier molecular flexibility index (Phi) is 5.79. The summed E-state index contributed by atoms with van der Waals surface area (Å²) in [4.78, 5) is 4.68. The number of phenols is 2. The molecule has 4 aliphatic carbocycles. The first-order valence-corrected chi connectivity index (χ1v) is 17.5. The Bertz CT molecular complexity index is 1740. The van der Waals surface area contributed by atoms with E-state index in [1.807, 2.05) is 24.3 Å². The monoisotopic (exact) mass is 650 g/mol. The maximum atomic E-state index is 12.7. The van der Waals surface area contributed by atoms with Crippen molar-refractivity contribution in [2.75, 3.05) is 26.2 Å². The van der Waals surface area contributed by atoms with Gasteiger partial charge in [-0.25, -0.2) is 0 Å². The van der Waals surface area contributed by atoms with Gasteiger partial charge in [-0.05, 0) is 74.6 Å². The normalized spacial score (nSPS) is 41.4. The second-order valence-corrected chi connectivity index (χ2v) is 15.4. The van der Waals surface area contributed by atoms with Gasteiger partial charge in [0.1, 0.15) is 0 Å². The van der Waals surface area contributed by atoms with E-state index in [0.717, 1.165) is 46.8 Å². The van der Waals surface area contributed by atoms with Gasteiger partial charge in [0.25, 0.3) is 0 Å². The van der Waals surface area contributed by atoms with Crippen LogP contribution in [0.1, 0.15) is 60.8 Å². The Labute approximate surface area is 279 Å². The molecule has 10 heteroatoms. The number of nitrogens with zero attached hydrogens (tertiary/aromatic N) is 4. The number of rotatable bonds is 5. The van der Waals surface area contributed by atoms with Crippen LogP contribution in [0.5, 0.6) is 23.0 Å². The molecule has 4 aliphatic heterocycles. The van der Waals surface area contributed by atoms with Crippen LogP contribution in [0, 0.1) is 0 Å². The van der Waals surface area contributed by atoms with Crippen molar-refractivity contribution in [2.24, 2.45) is 10.2 Å². The zero-order valence-electron chi connectivity index (χ0n) is 27.1. The largest absolute Gasteiger partial charge is 0.504 e.